The monoisotopic (exact) mass is 1280 g/mol. The molecule has 0 heterocycles. The van der Waals surface area contributed by atoms with E-state index in [4.69, 9.17) is 37.0 Å². The molecular weight excluding hydrogens is 1150 g/mol. The van der Waals surface area contributed by atoms with Gasteiger partial charge < -0.3 is 33.8 Å². The topological polar surface area (TPSA) is 237 Å². The van der Waals surface area contributed by atoms with Crippen LogP contribution in [0.1, 0.15) is 331 Å². The SMILES string of the molecule is CC(C)CCCCCCCCCCCCCC(=O)O[C@H](COC(=O)CCCCCCCCCCC(C)C)COP(=O)(O)OCC(O)COP(=O)(O)OC[C@@H](COC(=O)CCCCCCCCCC(C)C)OC(=O)CCCCCCCCCCCC(C)C. The lowest BCUT2D eigenvalue weighted by Gasteiger charge is -2.21. The summed E-state index contributed by atoms with van der Waals surface area (Å²) in [4.78, 5) is 72.4. The minimum absolute atomic E-state index is 0.104. The van der Waals surface area contributed by atoms with Crippen molar-refractivity contribution in [2.24, 2.45) is 23.7 Å². The second kappa shape index (κ2) is 57.9. The van der Waals surface area contributed by atoms with Crippen molar-refractivity contribution in [3.05, 3.63) is 0 Å². The highest BCUT2D eigenvalue weighted by Gasteiger charge is 2.30. The molecule has 0 amide bonds. The van der Waals surface area contributed by atoms with Gasteiger partial charge in [0.2, 0.25) is 0 Å². The molecule has 516 valence electrons. The van der Waals surface area contributed by atoms with Gasteiger partial charge in [-0.2, -0.15) is 0 Å². The standard InChI is InChI=1S/C68H132O17P2/c1-58(2)44-36-28-20-13-10-9-11-15-25-34-42-50-67(72)84-63(54-78-65(70)48-40-32-24-18-17-22-30-38-46-60(5)6)56-82-86(74,75)80-52-62(69)53-81-87(76,77)83-57-64(55-79-66(71)49-41-33-27-19-23-31-39-47-61(7)8)85-68(73)51-43-35-26-16-12-14-21-29-37-45-59(3)4/h58-64,69H,9-57H2,1-8H3,(H,74,75)(H,76,77)/t62?,63-,64-/m1/s1. The Labute approximate surface area is 530 Å². The zero-order valence-corrected chi connectivity index (χ0v) is 58.4. The second-order valence-electron chi connectivity index (χ2n) is 26.5. The maximum atomic E-state index is 13.0. The van der Waals surface area contributed by atoms with Crippen LogP contribution in [-0.4, -0.2) is 96.7 Å². The molecule has 0 bridgehead atoms. The fourth-order valence-electron chi connectivity index (χ4n) is 10.1. The molecule has 0 aliphatic carbocycles. The van der Waals surface area contributed by atoms with Crippen LogP contribution in [0.15, 0.2) is 0 Å². The van der Waals surface area contributed by atoms with Crippen LogP contribution in [0.3, 0.4) is 0 Å². The highest BCUT2D eigenvalue weighted by Crippen LogP contribution is 2.45. The maximum absolute atomic E-state index is 13.0. The molecule has 0 saturated carbocycles. The van der Waals surface area contributed by atoms with E-state index >= 15 is 0 Å². The Morgan fingerprint density at radius 2 is 0.483 bits per heavy atom. The van der Waals surface area contributed by atoms with Crippen LogP contribution in [0.25, 0.3) is 0 Å². The van der Waals surface area contributed by atoms with Gasteiger partial charge in [0.25, 0.3) is 0 Å². The van der Waals surface area contributed by atoms with E-state index in [2.05, 4.69) is 55.4 Å². The summed E-state index contributed by atoms with van der Waals surface area (Å²) < 4.78 is 68.2. The van der Waals surface area contributed by atoms with E-state index in [0.717, 1.165) is 114 Å². The van der Waals surface area contributed by atoms with Crippen molar-refractivity contribution in [1.29, 1.82) is 0 Å². The Morgan fingerprint density at radius 1 is 0.287 bits per heavy atom. The van der Waals surface area contributed by atoms with Crippen LogP contribution in [-0.2, 0) is 65.4 Å². The van der Waals surface area contributed by atoms with E-state index in [1.54, 1.807) is 0 Å². The van der Waals surface area contributed by atoms with Gasteiger partial charge >= 0.3 is 39.5 Å². The number of phosphoric acid groups is 2. The fourth-order valence-corrected chi connectivity index (χ4v) is 11.7. The van der Waals surface area contributed by atoms with E-state index in [0.29, 0.717) is 31.6 Å². The Balaban J connectivity index is 5.26. The number of phosphoric ester groups is 2. The minimum atomic E-state index is -4.95. The van der Waals surface area contributed by atoms with E-state index in [1.807, 2.05) is 0 Å². The van der Waals surface area contributed by atoms with Crippen LogP contribution in [0.2, 0.25) is 0 Å². The van der Waals surface area contributed by atoms with Crippen molar-refractivity contribution in [1.82, 2.24) is 0 Å². The summed E-state index contributed by atoms with van der Waals surface area (Å²) in [5.41, 5.74) is 0. The Bertz CT molecular complexity index is 1730. The van der Waals surface area contributed by atoms with Crippen molar-refractivity contribution in [2.45, 2.75) is 350 Å². The normalized spacial score (nSPS) is 14.3. The average Bonchev–Trinajstić information content (AvgIpc) is 3.67. The quantitative estimate of drug-likeness (QED) is 0.0222. The lowest BCUT2D eigenvalue weighted by molar-refractivity contribution is -0.161. The molecule has 0 spiro atoms. The summed E-state index contributed by atoms with van der Waals surface area (Å²) >= 11 is 0. The maximum Gasteiger partial charge on any atom is 0.472 e. The third-order valence-corrected chi connectivity index (χ3v) is 17.5. The lowest BCUT2D eigenvalue weighted by atomic mass is 10.0. The Kier molecular flexibility index (Phi) is 56.6. The zero-order chi connectivity index (χ0) is 64.7. The molecule has 19 heteroatoms. The number of carbonyl (C=O) groups is 4. The number of ether oxygens (including phenoxy) is 4. The number of aliphatic hydroxyl groups excluding tert-OH is 1. The molecule has 0 saturated heterocycles. The number of hydrogen-bond donors (Lipinski definition) is 3. The highest BCUT2D eigenvalue weighted by molar-refractivity contribution is 7.47. The first-order chi connectivity index (χ1) is 41.6. The molecular formula is C68H132O17P2. The van der Waals surface area contributed by atoms with Gasteiger partial charge in [0, 0.05) is 25.7 Å². The van der Waals surface area contributed by atoms with Gasteiger partial charge in [-0.15, -0.1) is 0 Å². The summed E-state index contributed by atoms with van der Waals surface area (Å²) in [6.07, 6.45) is 39.0. The number of unbranched alkanes of at least 4 members (excludes halogenated alkanes) is 31. The molecule has 3 N–H and O–H groups in total. The lowest BCUT2D eigenvalue weighted by Crippen LogP contribution is -2.30. The first-order valence-corrected chi connectivity index (χ1v) is 38.2. The van der Waals surface area contributed by atoms with Crippen molar-refractivity contribution in [3.8, 4) is 0 Å². The molecule has 5 atom stereocenters. The molecule has 3 unspecified atom stereocenters. The second-order valence-corrected chi connectivity index (χ2v) is 29.4. The van der Waals surface area contributed by atoms with Crippen molar-refractivity contribution >= 4 is 39.5 Å². The predicted octanol–water partition coefficient (Wildman–Crippen LogP) is 18.9. The van der Waals surface area contributed by atoms with Crippen LogP contribution in [0.5, 0.6) is 0 Å². The molecule has 17 nitrogen and oxygen atoms in total. The van der Waals surface area contributed by atoms with Gasteiger partial charge in [0.05, 0.1) is 26.4 Å². The Hall–Kier alpha value is -1.94. The number of rotatable bonds is 65. The number of hydrogen-bond acceptors (Lipinski definition) is 15. The van der Waals surface area contributed by atoms with Gasteiger partial charge in [-0.1, -0.05) is 280 Å². The Morgan fingerprint density at radius 3 is 0.713 bits per heavy atom. The fraction of sp³-hybridized carbons (Fsp3) is 0.941. The molecule has 87 heavy (non-hydrogen) atoms. The molecule has 0 aromatic carbocycles. The van der Waals surface area contributed by atoms with Gasteiger partial charge in [-0.25, -0.2) is 9.13 Å². The number of carbonyl (C=O) groups excluding carboxylic acids is 4. The summed E-state index contributed by atoms with van der Waals surface area (Å²) in [5, 5.41) is 10.6. The summed E-state index contributed by atoms with van der Waals surface area (Å²) in [6, 6.07) is 0. The molecule has 0 fully saturated rings. The molecule has 0 aromatic heterocycles. The molecule has 0 aliphatic rings. The molecule has 0 aliphatic heterocycles. The molecule has 0 radical (unpaired) electrons. The summed E-state index contributed by atoms with van der Waals surface area (Å²) in [7, 11) is -9.90. The van der Waals surface area contributed by atoms with E-state index in [9.17, 15) is 43.2 Å². The largest absolute Gasteiger partial charge is 0.472 e. The first kappa shape index (κ1) is 85.1. The zero-order valence-electron chi connectivity index (χ0n) is 56.6. The third-order valence-electron chi connectivity index (χ3n) is 15.6. The predicted molar refractivity (Wildman–Crippen MR) is 349 cm³/mol. The van der Waals surface area contributed by atoms with Gasteiger partial charge in [-0.05, 0) is 49.4 Å². The summed E-state index contributed by atoms with van der Waals surface area (Å²) in [6.45, 7) is 14.0. The van der Waals surface area contributed by atoms with Crippen LogP contribution in [0, 0.1) is 23.7 Å². The smallest absolute Gasteiger partial charge is 0.462 e. The van der Waals surface area contributed by atoms with Gasteiger partial charge in [0.15, 0.2) is 12.2 Å². The average molecular weight is 1280 g/mol. The number of aliphatic hydroxyl groups is 1. The van der Waals surface area contributed by atoms with Gasteiger partial charge in [-0.3, -0.25) is 37.3 Å². The van der Waals surface area contributed by atoms with E-state index < -0.39 is 97.5 Å². The van der Waals surface area contributed by atoms with E-state index in [-0.39, 0.29) is 25.7 Å². The first-order valence-electron chi connectivity index (χ1n) is 35.2. The van der Waals surface area contributed by atoms with Crippen molar-refractivity contribution < 1.29 is 80.2 Å². The third kappa shape index (κ3) is 62.6. The molecule has 0 rings (SSSR count). The minimum Gasteiger partial charge on any atom is -0.462 e. The van der Waals surface area contributed by atoms with Crippen LogP contribution >= 0.6 is 15.6 Å². The van der Waals surface area contributed by atoms with Crippen molar-refractivity contribution in [2.75, 3.05) is 39.6 Å². The van der Waals surface area contributed by atoms with Gasteiger partial charge in [0.1, 0.15) is 19.3 Å². The molecule has 0 aromatic rings. The van der Waals surface area contributed by atoms with Crippen LogP contribution < -0.4 is 0 Å². The highest BCUT2D eigenvalue weighted by atomic mass is 31.2. The summed E-state index contributed by atoms with van der Waals surface area (Å²) in [5.74, 6) is 0.800. The van der Waals surface area contributed by atoms with E-state index in [1.165, 1.54) is 128 Å². The van der Waals surface area contributed by atoms with Crippen LogP contribution in [0.4, 0.5) is 0 Å². The number of esters is 4. The van der Waals surface area contributed by atoms with Crippen molar-refractivity contribution in [3.63, 3.8) is 0 Å².